The zero-order valence-electron chi connectivity index (χ0n) is 10.7. The fraction of sp³-hybridized carbons (Fsp3) is 0.667. The quantitative estimate of drug-likeness (QED) is 0.802. The third-order valence-electron chi connectivity index (χ3n) is 2.57. The number of aromatic nitrogens is 2. The lowest BCUT2D eigenvalue weighted by Gasteiger charge is -2.19. The SMILES string of the molecule is CCCCN(C)c1cc(NC)nc(CC)n1. The van der Waals surface area contributed by atoms with Gasteiger partial charge in [-0.3, -0.25) is 0 Å². The Morgan fingerprint density at radius 2 is 2.06 bits per heavy atom. The van der Waals surface area contributed by atoms with Gasteiger partial charge in [0.25, 0.3) is 0 Å². The lowest BCUT2D eigenvalue weighted by Crippen LogP contribution is -2.20. The third-order valence-corrected chi connectivity index (χ3v) is 2.57. The number of hydrogen-bond acceptors (Lipinski definition) is 4. The second-order valence-corrected chi connectivity index (χ2v) is 3.91. The summed E-state index contributed by atoms with van der Waals surface area (Å²) in [6.45, 7) is 5.31. The van der Waals surface area contributed by atoms with E-state index in [-0.39, 0.29) is 0 Å². The molecule has 0 amide bonds. The molecule has 0 aliphatic rings. The number of hydrogen-bond donors (Lipinski definition) is 1. The average molecular weight is 222 g/mol. The maximum atomic E-state index is 4.53. The summed E-state index contributed by atoms with van der Waals surface area (Å²) in [5.41, 5.74) is 0. The molecule has 0 saturated heterocycles. The van der Waals surface area contributed by atoms with E-state index in [0.717, 1.165) is 30.4 Å². The summed E-state index contributed by atoms with van der Waals surface area (Å²) in [5.74, 6) is 2.79. The molecule has 0 atom stereocenters. The van der Waals surface area contributed by atoms with Crippen molar-refractivity contribution in [1.29, 1.82) is 0 Å². The minimum absolute atomic E-state index is 0.865. The van der Waals surface area contributed by atoms with Crippen LogP contribution in [0.1, 0.15) is 32.5 Å². The zero-order valence-corrected chi connectivity index (χ0v) is 10.7. The van der Waals surface area contributed by atoms with Crippen LogP contribution in [0, 0.1) is 0 Å². The molecule has 4 nitrogen and oxygen atoms in total. The molecule has 16 heavy (non-hydrogen) atoms. The van der Waals surface area contributed by atoms with Gasteiger partial charge in [0.2, 0.25) is 0 Å². The van der Waals surface area contributed by atoms with Crippen LogP contribution in [0.2, 0.25) is 0 Å². The molecule has 4 heteroatoms. The van der Waals surface area contributed by atoms with E-state index in [1.807, 2.05) is 13.1 Å². The Bertz CT molecular complexity index is 303. The maximum Gasteiger partial charge on any atom is 0.134 e. The number of anilines is 2. The highest BCUT2D eigenvalue weighted by Gasteiger charge is 2.06. The summed E-state index contributed by atoms with van der Waals surface area (Å²) in [4.78, 5) is 11.1. The van der Waals surface area contributed by atoms with E-state index < -0.39 is 0 Å². The number of nitrogens with one attached hydrogen (secondary N) is 1. The van der Waals surface area contributed by atoms with Gasteiger partial charge in [-0.05, 0) is 6.42 Å². The van der Waals surface area contributed by atoms with Crippen molar-refractivity contribution in [3.05, 3.63) is 11.9 Å². The standard InChI is InChI=1S/C12H22N4/c1-5-7-8-16(4)12-9-11(13-3)14-10(6-2)15-12/h9H,5-8H2,1-4H3,(H,13,14,15). The number of rotatable bonds is 6. The minimum Gasteiger partial charge on any atom is -0.373 e. The molecule has 0 radical (unpaired) electrons. The van der Waals surface area contributed by atoms with E-state index in [2.05, 4.69) is 41.1 Å². The number of unbranched alkanes of at least 4 members (excludes halogenated alkanes) is 1. The Balaban J connectivity index is 2.85. The Morgan fingerprint density at radius 1 is 1.31 bits per heavy atom. The van der Waals surface area contributed by atoms with Gasteiger partial charge in [-0.1, -0.05) is 20.3 Å². The van der Waals surface area contributed by atoms with Gasteiger partial charge in [-0.25, -0.2) is 9.97 Å². The normalized spacial score (nSPS) is 10.2. The molecule has 0 aliphatic carbocycles. The van der Waals surface area contributed by atoms with Gasteiger partial charge in [0.05, 0.1) is 0 Å². The van der Waals surface area contributed by atoms with Crippen LogP contribution in [0.15, 0.2) is 6.07 Å². The fourth-order valence-electron chi connectivity index (χ4n) is 1.47. The lowest BCUT2D eigenvalue weighted by atomic mass is 10.3. The summed E-state index contributed by atoms with van der Waals surface area (Å²) in [6, 6.07) is 1.99. The van der Waals surface area contributed by atoms with Crippen molar-refractivity contribution in [1.82, 2.24) is 9.97 Å². The van der Waals surface area contributed by atoms with Crippen molar-refractivity contribution < 1.29 is 0 Å². The van der Waals surface area contributed by atoms with E-state index in [1.54, 1.807) is 0 Å². The summed E-state index contributed by atoms with van der Waals surface area (Å²) < 4.78 is 0. The zero-order chi connectivity index (χ0) is 12.0. The van der Waals surface area contributed by atoms with Crippen LogP contribution >= 0.6 is 0 Å². The van der Waals surface area contributed by atoms with Crippen molar-refractivity contribution in [3.63, 3.8) is 0 Å². The largest absolute Gasteiger partial charge is 0.373 e. The first-order valence-electron chi connectivity index (χ1n) is 5.98. The molecule has 1 aromatic rings. The Hall–Kier alpha value is -1.32. The monoisotopic (exact) mass is 222 g/mol. The van der Waals surface area contributed by atoms with Crippen molar-refractivity contribution in [2.75, 3.05) is 30.9 Å². The molecule has 1 N–H and O–H groups in total. The predicted octanol–water partition coefficient (Wildman–Crippen LogP) is 2.32. The maximum absolute atomic E-state index is 4.53. The minimum atomic E-state index is 0.865. The highest BCUT2D eigenvalue weighted by molar-refractivity contribution is 5.48. The van der Waals surface area contributed by atoms with Gasteiger partial charge in [-0.2, -0.15) is 0 Å². The molecular formula is C12H22N4. The molecule has 0 aliphatic heterocycles. The molecule has 0 fully saturated rings. The van der Waals surface area contributed by atoms with E-state index >= 15 is 0 Å². The van der Waals surface area contributed by atoms with Gasteiger partial charge in [0.1, 0.15) is 17.5 Å². The van der Waals surface area contributed by atoms with Crippen LogP contribution in [-0.4, -0.2) is 30.6 Å². The Labute approximate surface area is 98.1 Å². The lowest BCUT2D eigenvalue weighted by molar-refractivity contribution is 0.754. The van der Waals surface area contributed by atoms with E-state index in [4.69, 9.17) is 0 Å². The van der Waals surface area contributed by atoms with Gasteiger partial charge in [0, 0.05) is 33.1 Å². The van der Waals surface area contributed by atoms with Gasteiger partial charge >= 0.3 is 0 Å². The molecule has 1 heterocycles. The van der Waals surface area contributed by atoms with Crippen molar-refractivity contribution >= 4 is 11.6 Å². The molecule has 0 aromatic carbocycles. The predicted molar refractivity (Wildman–Crippen MR) is 69.1 cm³/mol. The second kappa shape index (κ2) is 6.30. The van der Waals surface area contributed by atoms with Crippen molar-refractivity contribution in [2.24, 2.45) is 0 Å². The van der Waals surface area contributed by atoms with E-state index in [1.165, 1.54) is 12.8 Å². The molecule has 0 bridgehead atoms. The van der Waals surface area contributed by atoms with Crippen LogP contribution in [0.5, 0.6) is 0 Å². The molecule has 0 spiro atoms. The highest BCUT2D eigenvalue weighted by atomic mass is 15.2. The third kappa shape index (κ3) is 3.36. The molecule has 0 saturated carbocycles. The Morgan fingerprint density at radius 3 is 2.62 bits per heavy atom. The van der Waals surface area contributed by atoms with E-state index in [9.17, 15) is 0 Å². The van der Waals surface area contributed by atoms with Crippen LogP contribution in [0.4, 0.5) is 11.6 Å². The Kier molecular flexibility index (Phi) is 5.02. The van der Waals surface area contributed by atoms with E-state index in [0.29, 0.717) is 0 Å². The summed E-state index contributed by atoms with van der Waals surface area (Å²) >= 11 is 0. The molecule has 1 aromatic heterocycles. The smallest absolute Gasteiger partial charge is 0.134 e. The summed E-state index contributed by atoms with van der Waals surface area (Å²) in [6.07, 6.45) is 3.26. The molecule has 0 unspecified atom stereocenters. The average Bonchev–Trinajstić information content (AvgIpc) is 2.35. The number of nitrogens with zero attached hydrogens (tertiary/aromatic N) is 3. The van der Waals surface area contributed by atoms with Gasteiger partial charge in [-0.15, -0.1) is 0 Å². The van der Waals surface area contributed by atoms with Crippen LogP contribution in [-0.2, 0) is 6.42 Å². The van der Waals surface area contributed by atoms with Crippen LogP contribution in [0.3, 0.4) is 0 Å². The highest BCUT2D eigenvalue weighted by Crippen LogP contribution is 2.15. The first kappa shape index (κ1) is 12.7. The van der Waals surface area contributed by atoms with Crippen molar-refractivity contribution in [2.45, 2.75) is 33.1 Å². The molecule has 90 valence electrons. The first-order valence-corrected chi connectivity index (χ1v) is 5.98. The van der Waals surface area contributed by atoms with Crippen LogP contribution < -0.4 is 10.2 Å². The van der Waals surface area contributed by atoms with Crippen molar-refractivity contribution in [3.8, 4) is 0 Å². The fourth-order valence-corrected chi connectivity index (χ4v) is 1.47. The molecule has 1 rings (SSSR count). The molecular weight excluding hydrogens is 200 g/mol. The summed E-state index contributed by atoms with van der Waals surface area (Å²) in [7, 11) is 3.97. The van der Waals surface area contributed by atoms with Gasteiger partial charge < -0.3 is 10.2 Å². The topological polar surface area (TPSA) is 41.0 Å². The first-order chi connectivity index (χ1) is 7.71. The second-order valence-electron chi connectivity index (χ2n) is 3.91. The van der Waals surface area contributed by atoms with Crippen LogP contribution in [0.25, 0.3) is 0 Å². The van der Waals surface area contributed by atoms with Gasteiger partial charge in [0.15, 0.2) is 0 Å². The number of aryl methyl sites for hydroxylation is 1. The summed E-state index contributed by atoms with van der Waals surface area (Å²) in [5, 5.41) is 3.08.